The summed E-state index contributed by atoms with van der Waals surface area (Å²) in [6.45, 7) is 6.55. The number of fused-ring (bicyclic) bond motifs is 1. The molecule has 3 N–H and O–H groups in total. The maximum Gasteiger partial charge on any atom is 0.255 e. The summed E-state index contributed by atoms with van der Waals surface area (Å²) in [6.07, 6.45) is 4.47. The monoisotopic (exact) mass is 393 g/mol. The lowest BCUT2D eigenvalue weighted by Crippen LogP contribution is -2.40. The molecule has 27 heavy (non-hydrogen) atoms. The third-order valence-corrected chi connectivity index (χ3v) is 5.98. The van der Waals surface area contributed by atoms with Crippen LogP contribution in [0.2, 0.25) is 0 Å². The van der Waals surface area contributed by atoms with Crippen LogP contribution in [0, 0.1) is 6.92 Å². The molecule has 0 radical (unpaired) electrons. The lowest BCUT2D eigenvalue weighted by molar-refractivity contribution is 0.0941. The Morgan fingerprint density at radius 3 is 2.85 bits per heavy atom. The molecule has 0 saturated carbocycles. The zero-order valence-corrected chi connectivity index (χ0v) is 16.6. The van der Waals surface area contributed by atoms with E-state index in [2.05, 4.69) is 17.1 Å². The third-order valence-electron chi connectivity index (χ3n) is 5.08. The summed E-state index contributed by atoms with van der Waals surface area (Å²) in [4.78, 5) is 15.1. The van der Waals surface area contributed by atoms with Crippen molar-refractivity contribution < 1.29 is 17.6 Å². The summed E-state index contributed by atoms with van der Waals surface area (Å²) in [5.41, 5.74) is 0.578. The Morgan fingerprint density at radius 1 is 1.37 bits per heavy atom. The largest absolute Gasteiger partial charge is 0.461 e. The van der Waals surface area contributed by atoms with Gasteiger partial charge in [-0.15, -0.1) is 0 Å². The van der Waals surface area contributed by atoms with Crippen molar-refractivity contribution >= 4 is 26.9 Å². The second kappa shape index (κ2) is 8.00. The quantitative estimate of drug-likeness (QED) is 0.751. The number of carbonyl (C=O) groups is 1. The number of carbonyl (C=O) groups excluding carboxylic acids is 1. The number of nitrogens with zero attached hydrogens (tertiary/aromatic N) is 1. The standard InChI is InChI=1S/C19H27N3O4S/c1-3-4-7-22-8-5-6-15(22)12-21-19(23)17-11-16(27(20,24)25)10-14-9-13(2)26-18(14)17/h9-11,15H,3-8,12H2,1-2H3,(H,21,23)(H2,20,24,25). The highest BCUT2D eigenvalue weighted by Crippen LogP contribution is 2.27. The molecular weight excluding hydrogens is 366 g/mol. The predicted octanol–water partition coefficient (Wildman–Crippen LogP) is 2.38. The van der Waals surface area contributed by atoms with E-state index in [9.17, 15) is 13.2 Å². The number of likely N-dealkylation sites (tertiary alicyclic amines) is 1. The maximum absolute atomic E-state index is 12.8. The molecule has 0 bridgehead atoms. The number of furan rings is 1. The molecule has 1 aromatic carbocycles. The number of unbranched alkanes of at least 4 members (excludes halogenated alkanes) is 1. The van der Waals surface area contributed by atoms with Crippen LogP contribution >= 0.6 is 0 Å². The van der Waals surface area contributed by atoms with Crippen LogP contribution in [0.5, 0.6) is 0 Å². The van der Waals surface area contributed by atoms with E-state index < -0.39 is 10.0 Å². The van der Waals surface area contributed by atoms with Crippen LogP contribution in [0.1, 0.15) is 48.7 Å². The summed E-state index contributed by atoms with van der Waals surface area (Å²) < 4.78 is 29.2. The fourth-order valence-electron chi connectivity index (χ4n) is 3.67. The number of hydrogen-bond acceptors (Lipinski definition) is 5. The molecule has 1 unspecified atom stereocenters. The minimum Gasteiger partial charge on any atom is -0.461 e. The highest BCUT2D eigenvalue weighted by atomic mass is 32.2. The third kappa shape index (κ3) is 4.51. The topological polar surface area (TPSA) is 106 Å². The fraction of sp³-hybridized carbons (Fsp3) is 0.526. The fourth-order valence-corrected chi connectivity index (χ4v) is 4.25. The smallest absolute Gasteiger partial charge is 0.255 e. The Balaban J connectivity index is 1.81. The molecule has 1 aliphatic heterocycles. The van der Waals surface area contributed by atoms with E-state index in [4.69, 9.17) is 9.56 Å². The summed E-state index contributed by atoms with van der Waals surface area (Å²) in [5, 5.41) is 8.77. The lowest BCUT2D eigenvalue weighted by atomic mass is 10.1. The van der Waals surface area contributed by atoms with Crippen LogP contribution in [-0.2, 0) is 10.0 Å². The zero-order chi connectivity index (χ0) is 19.6. The number of aryl methyl sites for hydroxylation is 1. The number of rotatable bonds is 7. The first-order valence-corrected chi connectivity index (χ1v) is 10.9. The van der Waals surface area contributed by atoms with E-state index >= 15 is 0 Å². The van der Waals surface area contributed by atoms with Crippen molar-refractivity contribution in [3.63, 3.8) is 0 Å². The molecule has 1 amide bonds. The number of nitrogens with two attached hydrogens (primary N) is 1. The van der Waals surface area contributed by atoms with Gasteiger partial charge in [0.05, 0.1) is 10.5 Å². The van der Waals surface area contributed by atoms with Gasteiger partial charge in [0.1, 0.15) is 11.3 Å². The van der Waals surface area contributed by atoms with Crippen LogP contribution in [0.15, 0.2) is 27.5 Å². The van der Waals surface area contributed by atoms with E-state index in [1.165, 1.54) is 12.1 Å². The van der Waals surface area contributed by atoms with Gasteiger partial charge in [-0.25, -0.2) is 13.6 Å². The SMILES string of the molecule is CCCCN1CCCC1CNC(=O)c1cc(S(N)(=O)=O)cc2cc(C)oc12. The molecule has 148 valence electrons. The Bertz CT molecular complexity index is 936. The van der Waals surface area contributed by atoms with Gasteiger partial charge in [0.2, 0.25) is 10.0 Å². The average Bonchev–Trinajstić information content (AvgIpc) is 3.20. The van der Waals surface area contributed by atoms with Gasteiger partial charge < -0.3 is 9.73 Å². The number of sulfonamides is 1. The van der Waals surface area contributed by atoms with E-state index in [0.717, 1.165) is 38.8 Å². The first-order valence-electron chi connectivity index (χ1n) is 9.39. The van der Waals surface area contributed by atoms with Gasteiger partial charge in [0.25, 0.3) is 5.91 Å². The van der Waals surface area contributed by atoms with Gasteiger partial charge in [-0.05, 0) is 57.5 Å². The molecular formula is C19H27N3O4S. The lowest BCUT2D eigenvalue weighted by Gasteiger charge is -2.24. The summed E-state index contributed by atoms with van der Waals surface area (Å²) in [5.74, 6) is 0.259. The van der Waals surface area contributed by atoms with Crippen molar-refractivity contribution in [2.24, 2.45) is 5.14 Å². The van der Waals surface area contributed by atoms with Crippen molar-refractivity contribution in [3.8, 4) is 0 Å². The molecule has 0 spiro atoms. The number of amides is 1. The minimum absolute atomic E-state index is 0.0913. The number of hydrogen-bond donors (Lipinski definition) is 2. The van der Waals surface area contributed by atoms with Crippen LogP contribution in [0.3, 0.4) is 0 Å². The van der Waals surface area contributed by atoms with Crippen LogP contribution in [-0.4, -0.2) is 44.9 Å². The second-order valence-corrected chi connectivity index (χ2v) is 8.75. The number of primary sulfonamides is 1. The molecule has 0 aliphatic carbocycles. The summed E-state index contributed by atoms with van der Waals surface area (Å²) >= 11 is 0. The van der Waals surface area contributed by atoms with Crippen LogP contribution in [0.4, 0.5) is 0 Å². The van der Waals surface area contributed by atoms with Crippen molar-refractivity contribution in [3.05, 3.63) is 29.5 Å². The Kier molecular flexibility index (Phi) is 5.88. The first kappa shape index (κ1) is 19.9. The van der Waals surface area contributed by atoms with Gasteiger partial charge in [0, 0.05) is 18.0 Å². The van der Waals surface area contributed by atoms with Crippen LogP contribution < -0.4 is 10.5 Å². The van der Waals surface area contributed by atoms with Gasteiger partial charge in [-0.1, -0.05) is 13.3 Å². The van der Waals surface area contributed by atoms with Gasteiger partial charge in [-0.2, -0.15) is 0 Å². The Labute approximate surface area is 159 Å². The molecule has 1 fully saturated rings. The first-order chi connectivity index (χ1) is 12.8. The molecule has 7 nitrogen and oxygen atoms in total. The van der Waals surface area contributed by atoms with Crippen molar-refractivity contribution in [1.29, 1.82) is 0 Å². The molecule has 1 aromatic heterocycles. The maximum atomic E-state index is 12.8. The molecule has 1 aliphatic rings. The summed E-state index contributed by atoms with van der Waals surface area (Å²) in [7, 11) is -3.92. The molecule has 1 atom stereocenters. The normalized spacial score (nSPS) is 18.3. The van der Waals surface area contributed by atoms with Crippen molar-refractivity contribution in [2.45, 2.75) is 50.5 Å². The highest BCUT2D eigenvalue weighted by Gasteiger charge is 2.25. The zero-order valence-electron chi connectivity index (χ0n) is 15.8. The summed E-state index contributed by atoms with van der Waals surface area (Å²) in [6, 6.07) is 4.74. The molecule has 1 saturated heterocycles. The van der Waals surface area contributed by atoms with E-state index in [1.807, 2.05) is 0 Å². The van der Waals surface area contributed by atoms with E-state index in [0.29, 0.717) is 29.3 Å². The number of nitrogens with one attached hydrogen (secondary N) is 1. The van der Waals surface area contributed by atoms with Crippen molar-refractivity contribution in [2.75, 3.05) is 19.6 Å². The second-order valence-electron chi connectivity index (χ2n) is 7.19. The molecule has 2 heterocycles. The van der Waals surface area contributed by atoms with Gasteiger partial charge in [-0.3, -0.25) is 9.69 Å². The van der Waals surface area contributed by atoms with Crippen LogP contribution in [0.25, 0.3) is 11.0 Å². The molecule has 3 rings (SSSR count). The van der Waals surface area contributed by atoms with E-state index in [1.54, 1.807) is 13.0 Å². The minimum atomic E-state index is -3.92. The van der Waals surface area contributed by atoms with E-state index in [-0.39, 0.29) is 16.4 Å². The average molecular weight is 394 g/mol. The Morgan fingerprint density at radius 2 is 2.15 bits per heavy atom. The van der Waals surface area contributed by atoms with Crippen molar-refractivity contribution in [1.82, 2.24) is 10.2 Å². The Hall–Kier alpha value is -1.90. The highest BCUT2D eigenvalue weighted by molar-refractivity contribution is 7.89. The van der Waals surface area contributed by atoms with Gasteiger partial charge >= 0.3 is 0 Å². The number of benzene rings is 1. The molecule has 8 heteroatoms. The molecule has 2 aromatic rings. The van der Waals surface area contributed by atoms with Gasteiger partial charge in [0.15, 0.2) is 0 Å². The predicted molar refractivity (Wildman–Crippen MR) is 104 cm³/mol.